The van der Waals surface area contributed by atoms with Crippen molar-refractivity contribution in [2.75, 3.05) is 0 Å². The summed E-state index contributed by atoms with van der Waals surface area (Å²) in [7, 11) is 0. The summed E-state index contributed by atoms with van der Waals surface area (Å²) >= 11 is 0. The van der Waals surface area contributed by atoms with Crippen molar-refractivity contribution in [2.45, 2.75) is 64.2 Å². The average Bonchev–Trinajstić information content (AvgIpc) is 2.48. The molecule has 0 aromatic heterocycles. The van der Waals surface area contributed by atoms with E-state index < -0.39 is 0 Å². The fourth-order valence-electron chi connectivity index (χ4n) is 3.12. The van der Waals surface area contributed by atoms with Gasteiger partial charge in [0.25, 0.3) is 0 Å². The topological polar surface area (TPSA) is 17.1 Å². The first-order valence-electron chi connectivity index (χ1n) is 7.87. The predicted molar refractivity (Wildman–Crippen MR) is 80.4 cm³/mol. The molecule has 0 spiro atoms. The van der Waals surface area contributed by atoms with Crippen LogP contribution in [0.5, 0.6) is 0 Å². The van der Waals surface area contributed by atoms with Crippen molar-refractivity contribution in [3.63, 3.8) is 0 Å². The maximum absolute atomic E-state index is 10.8. The Kier molecular flexibility index (Phi) is 5.62. The van der Waals surface area contributed by atoms with Crippen molar-refractivity contribution in [1.29, 1.82) is 0 Å². The molecule has 0 N–H and O–H groups in total. The molecule has 1 heteroatoms. The van der Waals surface area contributed by atoms with Crippen LogP contribution in [-0.2, 0) is 11.2 Å². The van der Waals surface area contributed by atoms with Gasteiger partial charge in [-0.05, 0) is 55.6 Å². The summed E-state index contributed by atoms with van der Waals surface area (Å²) in [5.41, 5.74) is 2.95. The number of rotatable bonds is 6. The van der Waals surface area contributed by atoms with Crippen molar-refractivity contribution in [2.24, 2.45) is 5.92 Å². The fourth-order valence-corrected chi connectivity index (χ4v) is 3.12. The lowest BCUT2D eigenvalue weighted by Crippen LogP contribution is -2.14. The van der Waals surface area contributed by atoms with E-state index in [1.54, 1.807) is 0 Å². The highest BCUT2D eigenvalue weighted by molar-refractivity contribution is 5.53. The number of benzene rings is 1. The Balaban J connectivity index is 1.86. The highest BCUT2D eigenvalue weighted by Crippen LogP contribution is 2.35. The molecule has 1 aromatic carbocycles. The van der Waals surface area contributed by atoms with E-state index in [4.69, 9.17) is 0 Å². The van der Waals surface area contributed by atoms with Gasteiger partial charge >= 0.3 is 0 Å². The second-order valence-electron chi connectivity index (χ2n) is 5.95. The van der Waals surface area contributed by atoms with Crippen LogP contribution in [0.3, 0.4) is 0 Å². The maximum Gasteiger partial charge on any atom is 0.123 e. The molecule has 0 heterocycles. The summed E-state index contributed by atoms with van der Waals surface area (Å²) in [5.74, 6) is 1.01. The predicted octanol–water partition coefficient (Wildman–Crippen LogP) is 4.89. The molecule has 1 saturated carbocycles. The van der Waals surface area contributed by atoms with Crippen LogP contribution >= 0.6 is 0 Å². The van der Waals surface area contributed by atoms with Gasteiger partial charge in [-0.2, -0.15) is 0 Å². The van der Waals surface area contributed by atoms with Gasteiger partial charge in [0.15, 0.2) is 0 Å². The number of aryl methyl sites for hydroxylation is 1. The number of unbranched alkanes of at least 4 members (excludes halogenated alkanes) is 2. The molecular formula is C18H26O. The van der Waals surface area contributed by atoms with Gasteiger partial charge in [0.2, 0.25) is 0 Å². The van der Waals surface area contributed by atoms with Crippen LogP contribution in [0.25, 0.3) is 0 Å². The summed E-state index contributed by atoms with van der Waals surface area (Å²) in [6.45, 7) is 2.25. The van der Waals surface area contributed by atoms with Crippen LogP contribution in [0.4, 0.5) is 0 Å². The van der Waals surface area contributed by atoms with Gasteiger partial charge < -0.3 is 4.79 Å². The molecule has 0 radical (unpaired) electrons. The van der Waals surface area contributed by atoms with Gasteiger partial charge in [-0.1, -0.05) is 44.0 Å². The third-order valence-electron chi connectivity index (χ3n) is 4.48. The number of carbonyl (C=O) groups is 1. The molecule has 104 valence electrons. The van der Waals surface area contributed by atoms with E-state index in [0.717, 1.165) is 19.1 Å². The lowest BCUT2D eigenvalue weighted by molar-refractivity contribution is -0.111. The molecule has 0 saturated heterocycles. The van der Waals surface area contributed by atoms with Crippen LogP contribution in [0.2, 0.25) is 0 Å². The summed E-state index contributed by atoms with van der Waals surface area (Å²) in [4.78, 5) is 10.8. The maximum atomic E-state index is 10.8. The zero-order chi connectivity index (χ0) is 13.5. The average molecular weight is 258 g/mol. The Labute approximate surface area is 117 Å². The lowest BCUT2D eigenvalue weighted by Gasteiger charge is -2.25. The van der Waals surface area contributed by atoms with E-state index in [2.05, 4.69) is 31.2 Å². The Hall–Kier alpha value is -1.11. The number of hydrogen-bond acceptors (Lipinski definition) is 1. The molecule has 2 rings (SSSR count). The summed E-state index contributed by atoms with van der Waals surface area (Å²) in [5, 5.41) is 0. The van der Waals surface area contributed by atoms with E-state index >= 15 is 0 Å². The third kappa shape index (κ3) is 4.19. The van der Waals surface area contributed by atoms with Gasteiger partial charge in [-0.3, -0.25) is 0 Å². The first-order chi connectivity index (χ1) is 9.33. The van der Waals surface area contributed by atoms with Crippen molar-refractivity contribution < 1.29 is 4.79 Å². The van der Waals surface area contributed by atoms with Crippen molar-refractivity contribution in [3.05, 3.63) is 35.4 Å². The van der Waals surface area contributed by atoms with Gasteiger partial charge in [-0.15, -0.1) is 0 Å². The van der Waals surface area contributed by atoms with Crippen LogP contribution in [-0.4, -0.2) is 6.29 Å². The number of carbonyl (C=O) groups excluding carboxylic acids is 1. The molecule has 1 aliphatic rings. The van der Waals surface area contributed by atoms with E-state index in [1.807, 2.05) is 0 Å². The molecule has 19 heavy (non-hydrogen) atoms. The molecular weight excluding hydrogens is 232 g/mol. The van der Waals surface area contributed by atoms with Gasteiger partial charge in [-0.25, -0.2) is 0 Å². The summed E-state index contributed by atoms with van der Waals surface area (Å²) in [6.07, 6.45) is 10.8. The Morgan fingerprint density at radius 2 is 1.74 bits per heavy atom. The molecule has 0 unspecified atom stereocenters. The molecule has 1 nitrogen and oxygen atoms in total. The first-order valence-corrected chi connectivity index (χ1v) is 7.87. The molecule has 0 bridgehead atoms. The Morgan fingerprint density at radius 3 is 2.32 bits per heavy atom. The largest absolute Gasteiger partial charge is 0.303 e. The second-order valence-corrected chi connectivity index (χ2v) is 5.95. The molecule has 1 aliphatic carbocycles. The standard InChI is InChI=1S/C18H26O/c1-2-3-4-5-15-6-10-17(11-7-15)18-12-8-16(14-19)9-13-18/h6-7,10-11,14,16,18H,2-5,8-9,12-13H2,1H3/t16-,18-. The molecule has 1 aromatic rings. The van der Waals surface area contributed by atoms with Crippen molar-refractivity contribution in [3.8, 4) is 0 Å². The van der Waals surface area contributed by atoms with Crippen molar-refractivity contribution >= 4 is 6.29 Å². The minimum atomic E-state index is 0.324. The Morgan fingerprint density at radius 1 is 1.05 bits per heavy atom. The SMILES string of the molecule is CCCCCc1ccc([C@H]2CC[C@H](C=O)CC2)cc1. The number of aldehydes is 1. The first kappa shape index (κ1) is 14.3. The van der Waals surface area contributed by atoms with E-state index in [0.29, 0.717) is 11.8 Å². The van der Waals surface area contributed by atoms with E-state index in [9.17, 15) is 4.79 Å². The second kappa shape index (κ2) is 7.47. The molecule has 0 atom stereocenters. The van der Waals surface area contributed by atoms with Gasteiger partial charge in [0.1, 0.15) is 6.29 Å². The van der Waals surface area contributed by atoms with Crippen LogP contribution in [0.15, 0.2) is 24.3 Å². The van der Waals surface area contributed by atoms with Crippen LogP contribution < -0.4 is 0 Å². The summed E-state index contributed by atoms with van der Waals surface area (Å²) < 4.78 is 0. The molecule has 0 aliphatic heterocycles. The highest BCUT2D eigenvalue weighted by atomic mass is 16.1. The normalized spacial score (nSPS) is 23.2. The number of hydrogen-bond donors (Lipinski definition) is 0. The third-order valence-corrected chi connectivity index (χ3v) is 4.48. The minimum Gasteiger partial charge on any atom is -0.303 e. The van der Waals surface area contributed by atoms with Crippen LogP contribution in [0, 0.1) is 5.92 Å². The zero-order valence-corrected chi connectivity index (χ0v) is 12.1. The van der Waals surface area contributed by atoms with E-state index in [1.165, 1.54) is 49.7 Å². The fraction of sp³-hybridized carbons (Fsp3) is 0.611. The van der Waals surface area contributed by atoms with Gasteiger partial charge in [0, 0.05) is 5.92 Å². The molecule has 1 fully saturated rings. The van der Waals surface area contributed by atoms with Crippen molar-refractivity contribution in [1.82, 2.24) is 0 Å². The van der Waals surface area contributed by atoms with Gasteiger partial charge in [0.05, 0.1) is 0 Å². The monoisotopic (exact) mass is 258 g/mol. The smallest absolute Gasteiger partial charge is 0.123 e. The summed E-state index contributed by atoms with van der Waals surface area (Å²) in [6, 6.07) is 9.23. The van der Waals surface area contributed by atoms with E-state index in [-0.39, 0.29) is 0 Å². The van der Waals surface area contributed by atoms with Crippen LogP contribution in [0.1, 0.15) is 68.9 Å². The minimum absolute atomic E-state index is 0.324. The Bertz CT molecular complexity index is 371. The quantitative estimate of drug-likeness (QED) is 0.524. The lowest BCUT2D eigenvalue weighted by atomic mass is 9.79. The molecule has 0 amide bonds. The highest BCUT2D eigenvalue weighted by Gasteiger charge is 2.21. The zero-order valence-electron chi connectivity index (χ0n) is 12.1.